The Labute approximate surface area is 317 Å². The van der Waals surface area contributed by atoms with Gasteiger partial charge in [0.2, 0.25) is 17.7 Å². The Hall–Kier alpha value is -4.69. The number of carbonyl (C=O) groups excluding carboxylic acids is 4. The number of carboxylic acid groups (broad SMARTS) is 1. The average molecular weight is 754 g/mol. The van der Waals surface area contributed by atoms with Crippen molar-refractivity contribution in [3.63, 3.8) is 0 Å². The summed E-state index contributed by atoms with van der Waals surface area (Å²) in [5.41, 5.74) is 7.56. The van der Waals surface area contributed by atoms with E-state index in [0.717, 1.165) is 37.7 Å². The molecule has 0 aliphatic carbocycles. The minimum Gasteiger partial charge on any atom is -0.508 e. The van der Waals surface area contributed by atoms with Crippen LogP contribution in [0.1, 0.15) is 96.1 Å². The number of unbranched alkanes of at least 4 members (excludes halogenated alkanes) is 4. The molecule has 0 spiro atoms. The normalized spacial score (nSPS) is 17.4. The number of likely N-dealkylation sites (tertiary alicyclic amines) is 1. The number of aliphatic hydroxyl groups excluding tert-OH is 1. The number of benzene rings is 2. The number of nitrogens with two attached hydrogens (primary N) is 1. The van der Waals surface area contributed by atoms with Gasteiger partial charge in [0, 0.05) is 19.0 Å². The van der Waals surface area contributed by atoms with Crippen molar-refractivity contribution >= 4 is 29.6 Å². The largest absolute Gasteiger partial charge is 0.508 e. The lowest BCUT2D eigenvalue weighted by molar-refractivity contribution is -0.145. The van der Waals surface area contributed by atoms with Crippen LogP contribution in [0.25, 0.3) is 0 Å². The average Bonchev–Trinajstić information content (AvgIpc) is 3.66. The lowest BCUT2D eigenvalue weighted by Crippen LogP contribution is -2.60. The van der Waals surface area contributed by atoms with E-state index in [1.807, 2.05) is 6.92 Å². The third-order valence-corrected chi connectivity index (χ3v) is 10.2. The third kappa shape index (κ3) is 13.3. The van der Waals surface area contributed by atoms with Gasteiger partial charge in [-0.2, -0.15) is 0 Å². The van der Waals surface area contributed by atoms with Crippen LogP contribution in [-0.4, -0.2) is 97.8 Å². The maximum Gasteiger partial charge on any atom is 0.326 e. The highest BCUT2D eigenvalue weighted by Gasteiger charge is 2.41. The van der Waals surface area contributed by atoms with Gasteiger partial charge in [-0.15, -0.1) is 0 Å². The number of amides is 4. The number of carbonyl (C=O) groups is 5. The quantitative estimate of drug-likeness (QED) is 0.0820. The van der Waals surface area contributed by atoms with E-state index in [-0.39, 0.29) is 36.8 Å². The number of rotatable bonds is 22. The van der Waals surface area contributed by atoms with Crippen LogP contribution in [0.4, 0.5) is 0 Å². The summed E-state index contributed by atoms with van der Waals surface area (Å²) in [6.45, 7) is 5.97. The van der Waals surface area contributed by atoms with Gasteiger partial charge in [-0.25, -0.2) is 4.79 Å². The van der Waals surface area contributed by atoms with E-state index in [1.54, 1.807) is 31.2 Å². The number of carboxylic acids is 1. The van der Waals surface area contributed by atoms with E-state index in [2.05, 4.69) is 22.9 Å². The molecule has 14 nitrogen and oxygen atoms in total. The number of aromatic hydroxyl groups is 2. The molecule has 1 heterocycles. The molecule has 2 aromatic carbocycles. The van der Waals surface area contributed by atoms with Crippen LogP contribution in [0.15, 0.2) is 48.5 Å². The molecule has 1 aliphatic heterocycles. The molecule has 54 heavy (non-hydrogen) atoms. The zero-order chi connectivity index (χ0) is 39.8. The number of aliphatic hydroxyl groups is 1. The maximum atomic E-state index is 14.2. The fraction of sp³-hybridized carbons (Fsp3) is 0.575. The molecular formula is C40H59N5O9. The van der Waals surface area contributed by atoms with Crippen molar-refractivity contribution in [2.45, 2.75) is 134 Å². The molecule has 0 bridgehead atoms. The summed E-state index contributed by atoms with van der Waals surface area (Å²) >= 11 is 0. The number of hydrogen-bond donors (Lipinski definition) is 8. The zero-order valence-corrected chi connectivity index (χ0v) is 31.7. The Morgan fingerprint density at radius 2 is 1.43 bits per heavy atom. The molecule has 3 rings (SSSR count). The number of phenols is 2. The van der Waals surface area contributed by atoms with Gasteiger partial charge in [-0.1, -0.05) is 83.6 Å². The number of nitrogens with one attached hydrogen (secondary N) is 3. The van der Waals surface area contributed by atoms with Crippen molar-refractivity contribution in [3.8, 4) is 11.5 Å². The van der Waals surface area contributed by atoms with Crippen molar-refractivity contribution in [2.24, 2.45) is 11.7 Å². The Bertz CT molecular complexity index is 1520. The van der Waals surface area contributed by atoms with Crippen LogP contribution in [0.3, 0.4) is 0 Å². The van der Waals surface area contributed by atoms with Gasteiger partial charge < -0.3 is 47.0 Å². The van der Waals surface area contributed by atoms with Crippen LogP contribution in [0.5, 0.6) is 11.5 Å². The summed E-state index contributed by atoms with van der Waals surface area (Å²) in [5.74, 6) is -4.14. The third-order valence-electron chi connectivity index (χ3n) is 10.2. The van der Waals surface area contributed by atoms with Crippen LogP contribution in [0, 0.1) is 5.92 Å². The van der Waals surface area contributed by atoms with Crippen LogP contribution < -0.4 is 21.7 Å². The Morgan fingerprint density at radius 3 is 2.02 bits per heavy atom. The molecular weight excluding hydrogens is 694 g/mol. The van der Waals surface area contributed by atoms with E-state index < -0.39 is 65.9 Å². The fourth-order valence-electron chi connectivity index (χ4n) is 6.59. The Kier molecular flexibility index (Phi) is 17.7. The molecule has 0 aromatic heterocycles. The fourth-order valence-corrected chi connectivity index (χ4v) is 6.59. The monoisotopic (exact) mass is 753 g/mol. The second-order valence-electron chi connectivity index (χ2n) is 14.4. The van der Waals surface area contributed by atoms with Gasteiger partial charge in [0.1, 0.15) is 41.8 Å². The van der Waals surface area contributed by atoms with Gasteiger partial charge in [-0.05, 0) is 73.4 Å². The van der Waals surface area contributed by atoms with E-state index >= 15 is 0 Å². The van der Waals surface area contributed by atoms with E-state index in [0.29, 0.717) is 37.7 Å². The van der Waals surface area contributed by atoms with Crippen molar-refractivity contribution in [1.82, 2.24) is 20.9 Å². The standard InChI is InChI=1S/C40H59N5O9/c1-4-6-7-8-9-11-30(41)35(48)38(51)43-32(24-27-15-20-29(47)21-16-27)36(49)44-34(25(3)5-2)39(52)45-23-10-12-33(45)37(50)42-31(40(53)54)22-17-26-13-18-28(46)19-14-26/h13-16,18-21,25,30-35,46-48H,4-12,17,22-24,41H2,1-3H3,(H,42,50)(H,43,51)(H,44,49)(H,53,54)/t25?,30-,31+,32+,33?,34+,35+/m1/s1. The van der Waals surface area contributed by atoms with Crippen molar-refractivity contribution < 1.29 is 44.4 Å². The molecule has 1 aliphatic rings. The number of phenolic OH excluding ortho intramolecular Hbond substituents is 2. The lowest BCUT2D eigenvalue weighted by Gasteiger charge is -2.33. The van der Waals surface area contributed by atoms with Crippen molar-refractivity contribution in [2.75, 3.05) is 6.54 Å². The molecule has 2 aromatic rings. The lowest BCUT2D eigenvalue weighted by atomic mass is 9.96. The zero-order valence-electron chi connectivity index (χ0n) is 31.7. The number of hydrogen-bond acceptors (Lipinski definition) is 9. The van der Waals surface area contributed by atoms with Crippen LogP contribution in [0.2, 0.25) is 0 Å². The summed E-state index contributed by atoms with van der Waals surface area (Å²) in [4.78, 5) is 68.4. The number of nitrogens with zero attached hydrogens (tertiary/aromatic N) is 1. The summed E-state index contributed by atoms with van der Waals surface area (Å²) in [5, 5.41) is 48.0. The van der Waals surface area contributed by atoms with Gasteiger partial charge >= 0.3 is 5.97 Å². The predicted octanol–water partition coefficient (Wildman–Crippen LogP) is 2.90. The Balaban J connectivity index is 1.75. The second-order valence-corrected chi connectivity index (χ2v) is 14.4. The van der Waals surface area contributed by atoms with Gasteiger partial charge in [-0.3, -0.25) is 19.2 Å². The van der Waals surface area contributed by atoms with Crippen molar-refractivity contribution in [3.05, 3.63) is 59.7 Å². The molecule has 14 heteroatoms. The first kappa shape index (κ1) is 43.7. The molecule has 0 saturated carbocycles. The summed E-state index contributed by atoms with van der Waals surface area (Å²) in [7, 11) is 0. The highest BCUT2D eigenvalue weighted by atomic mass is 16.4. The van der Waals surface area contributed by atoms with E-state index in [4.69, 9.17) is 5.73 Å². The summed E-state index contributed by atoms with van der Waals surface area (Å²) < 4.78 is 0. The molecule has 298 valence electrons. The smallest absolute Gasteiger partial charge is 0.326 e. The molecule has 0 radical (unpaired) electrons. The topological polar surface area (TPSA) is 232 Å². The minimum atomic E-state index is -1.57. The number of aliphatic carboxylic acids is 1. The van der Waals surface area contributed by atoms with Crippen molar-refractivity contribution in [1.29, 1.82) is 0 Å². The summed E-state index contributed by atoms with van der Waals surface area (Å²) in [6, 6.07) is 7.09. The van der Waals surface area contributed by atoms with E-state index in [1.165, 1.54) is 29.2 Å². The highest BCUT2D eigenvalue weighted by molar-refractivity contribution is 5.96. The molecule has 4 amide bonds. The minimum absolute atomic E-state index is 0.0165. The van der Waals surface area contributed by atoms with Gasteiger partial charge in [0.05, 0.1) is 0 Å². The van der Waals surface area contributed by atoms with Gasteiger partial charge in [0.15, 0.2) is 0 Å². The van der Waals surface area contributed by atoms with Gasteiger partial charge in [0.25, 0.3) is 5.91 Å². The summed E-state index contributed by atoms with van der Waals surface area (Å²) in [6.07, 6.45) is 5.40. The molecule has 1 saturated heterocycles. The Morgan fingerprint density at radius 1 is 0.815 bits per heavy atom. The van der Waals surface area contributed by atoms with Crippen LogP contribution in [-0.2, 0) is 36.8 Å². The molecule has 2 unspecified atom stereocenters. The highest BCUT2D eigenvalue weighted by Crippen LogP contribution is 2.23. The first-order chi connectivity index (χ1) is 25.7. The number of aryl methyl sites for hydroxylation is 1. The second kappa shape index (κ2) is 21.9. The molecule has 9 N–H and O–H groups in total. The maximum absolute atomic E-state index is 14.2. The first-order valence-electron chi connectivity index (χ1n) is 19.2. The first-order valence-corrected chi connectivity index (χ1v) is 19.2. The van der Waals surface area contributed by atoms with Crippen LogP contribution >= 0.6 is 0 Å². The van der Waals surface area contributed by atoms with E-state index in [9.17, 15) is 44.4 Å². The molecule has 1 fully saturated rings. The predicted molar refractivity (Wildman–Crippen MR) is 203 cm³/mol. The SMILES string of the molecule is CCCCCCC[C@@H](N)[C@H](O)C(=O)N[C@@H](Cc1ccc(O)cc1)C(=O)N[C@H](C(=O)N1CCCC1C(=O)N[C@@H](CCc1ccc(O)cc1)C(=O)O)C(C)CC. The molecule has 7 atom stereocenters.